The minimum Gasteiger partial charge on any atom is -0.491 e. The van der Waals surface area contributed by atoms with Crippen molar-refractivity contribution < 1.29 is 31.9 Å². The molecule has 1 saturated heterocycles. The monoisotopic (exact) mass is 646 g/mol. The number of halogens is 3. The van der Waals surface area contributed by atoms with Crippen molar-refractivity contribution in [1.82, 2.24) is 9.47 Å². The van der Waals surface area contributed by atoms with Crippen molar-refractivity contribution >= 4 is 34.7 Å². The number of hydrogen-bond donors (Lipinski definition) is 2. The number of alkyl halides is 3. The van der Waals surface area contributed by atoms with Crippen LogP contribution in [0.2, 0.25) is 0 Å². The largest absolute Gasteiger partial charge is 0.491 e. The van der Waals surface area contributed by atoms with Crippen LogP contribution < -0.4 is 20.7 Å². The van der Waals surface area contributed by atoms with Gasteiger partial charge in [-0.3, -0.25) is 0 Å². The second-order valence-corrected chi connectivity index (χ2v) is 15.3. The summed E-state index contributed by atoms with van der Waals surface area (Å²) in [5.74, 6) is 6.81. The summed E-state index contributed by atoms with van der Waals surface area (Å²) in [5, 5.41) is 8.23. The molecule has 244 valence electrons. The van der Waals surface area contributed by atoms with Crippen LogP contribution >= 0.6 is 7.14 Å². The fourth-order valence-electron chi connectivity index (χ4n) is 5.90. The molecule has 0 saturated carbocycles. The molecule has 3 aromatic rings. The van der Waals surface area contributed by atoms with E-state index in [1.54, 1.807) is 49.7 Å². The summed E-state index contributed by atoms with van der Waals surface area (Å²) in [6, 6.07) is 12.7. The van der Waals surface area contributed by atoms with Gasteiger partial charge in [0.1, 0.15) is 26.0 Å². The van der Waals surface area contributed by atoms with Crippen molar-refractivity contribution in [2.75, 3.05) is 83.7 Å². The Labute approximate surface area is 262 Å². The van der Waals surface area contributed by atoms with E-state index < -0.39 is 19.9 Å². The predicted octanol–water partition coefficient (Wildman–Crippen LogP) is 5.46. The van der Waals surface area contributed by atoms with Gasteiger partial charge in [0.25, 0.3) is 0 Å². The van der Waals surface area contributed by atoms with Crippen molar-refractivity contribution in [3.63, 3.8) is 0 Å². The van der Waals surface area contributed by atoms with Crippen molar-refractivity contribution in [3.8, 4) is 17.6 Å². The summed E-state index contributed by atoms with van der Waals surface area (Å²) in [5.41, 5.74) is 2.22. The zero-order chi connectivity index (χ0) is 32.0. The number of piperidine rings is 1. The number of nitrogens with zero attached hydrogens (tertiary/aromatic N) is 2. The first-order valence-corrected chi connectivity index (χ1v) is 17.9. The number of aromatic nitrogens is 1. The van der Waals surface area contributed by atoms with E-state index in [0.29, 0.717) is 66.6 Å². The lowest BCUT2D eigenvalue weighted by Gasteiger charge is -2.38. The number of ether oxygens (including phenoxy) is 3. The third-order valence-electron chi connectivity index (χ3n) is 8.17. The molecule has 3 heterocycles. The van der Waals surface area contributed by atoms with Crippen LogP contribution in [0.25, 0.3) is 10.9 Å². The highest BCUT2D eigenvalue weighted by molar-refractivity contribution is 7.70. The van der Waals surface area contributed by atoms with Crippen LogP contribution in [-0.2, 0) is 20.6 Å². The zero-order valence-electron chi connectivity index (χ0n) is 26.1. The van der Waals surface area contributed by atoms with E-state index in [2.05, 4.69) is 34.4 Å². The molecule has 2 aliphatic heterocycles. The summed E-state index contributed by atoms with van der Waals surface area (Å²) in [7, 11) is -0.495. The molecule has 45 heavy (non-hydrogen) atoms. The maximum absolute atomic E-state index is 13.8. The SMILES string of the molecule is CN1CC[C@H]2Nc3cccc4c3cc(n4CC(F)(F)F)C#CCNc3cc(cc(P(C)(C)=O)c3)OCCOCCOCC[C@H]2C1. The van der Waals surface area contributed by atoms with Crippen molar-refractivity contribution in [1.29, 1.82) is 0 Å². The Bertz CT molecular complexity index is 1580. The van der Waals surface area contributed by atoms with Crippen LogP contribution in [0, 0.1) is 17.8 Å². The van der Waals surface area contributed by atoms with E-state index in [4.69, 9.17) is 14.2 Å². The minimum absolute atomic E-state index is 0.150. The lowest BCUT2D eigenvalue weighted by molar-refractivity contribution is -0.140. The van der Waals surface area contributed by atoms with E-state index in [1.165, 1.54) is 4.57 Å². The molecular weight excluding hydrogens is 604 g/mol. The summed E-state index contributed by atoms with van der Waals surface area (Å²) >= 11 is 0. The quantitative estimate of drug-likeness (QED) is 0.283. The Morgan fingerprint density at radius 1 is 1.02 bits per heavy atom. The number of benzene rings is 2. The molecular formula is C33H42F3N4O4P. The Morgan fingerprint density at radius 2 is 1.80 bits per heavy atom. The smallest absolute Gasteiger partial charge is 0.406 e. The molecule has 0 spiro atoms. The highest BCUT2D eigenvalue weighted by Gasteiger charge is 2.31. The predicted molar refractivity (Wildman–Crippen MR) is 174 cm³/mol. The van der Waals surface area contributed by atoms with Gasteiger partial charge in [-0.05, 0) is 81.9 Å². The Hall–Kier alpha value is -3.16. The lowest BCUT2D eigenvalue weighted by Crippen LogP contribution is -2.45. The van der Waals surface area contributed by atoms with E-state index in [1.807, 2.05) is 6.07 Å². The van der Waals surface area contributed by atoms with Crippen LogP contribution in [0.1, 0.15) is 18.5 Å². The molecule has 0 radical (unpaired) electrons. The molecule has 5 rings (SSSR count). The first-order chi connectivity index (χ1) is 21.5. The van der Waals surface area contributed by atoms with E-state index >= 15 is 0 Å². The maximum Gasteiger partial charge on any atom is 0.406 e. The topological polar surface area (TPSA) is 77.0 Å². The fourth-order valence-corrected chi connectivity index (χ4v) is 6.78. The highest BCUT2D eigenvalue weighted by Crippen LogP contribution is 2.37. The maximum atomic E-state index is 13.8. The molecule has 2 atom stereocenters. The number of anilines is 2. The standard InChI is InChI=1S/C33H42F3N4O4P/c1-39-12-9-30-24(22-39)10-13-42-14-15-43-16-17-44-27-18-25(19-28(21-27)45(2,3)41)37-11-5-6-26-20-29-31(38-30)7-4-8-32(29)40(26)23-33(34,35)36/h4,7-8,18-21,24,30,37-38H,9-17,22-23H2,1-3H3/t24-,30+/m0/s1. The highest BCUT2D eigenvalue weighted by atomic mass is 31.2. The van der Waals surface area contributed by atoms with Gasteiger partial charge in [-0.15, -0.1) is 0 Å². The van der Waals surface area contributed by atoms with Crippen LogP contribution in [0.15, 0.2) is 42.5 Å². The molecule has 12 heteroatoms. The van der Waals surface area contributed by atoms with Crippen LogP contribution in [0.4, 0.5) is 24.5 Å². The van der Waals surface area contributed by atoms with Crippen molar-refractivity contribution in [3.05, 3.63) is 48.2 Å². The summed E-state index contributed by atoms with van der Waals surface area (Å²) in [4.78, 5) is 2.30. The molecule has 0 amide bonds. The van der Waals surface area contributed by atoms with E-state index in [-0.39, 0.29) is 18.3 Å². The molecule has 2 aromatic carbocycles. The van der Waals surface area contributed by atoms with Gasteiger partial charge in [0.15, 0.2) is 0 Å². The van der Waals surface area contributed by atoms with E-state index in [9.17, 15) is 17.7 Å². The summed E-state index contributed by atoms with van der Waals surface area (Å²) in [6.45, 7) is 6.41. The van der Waals surface area contributed by atoms with Gasteiger partial charge in [0.2, 0.25) is 0 Å². The van der Waals surface area contributed by atoms with Gasteiger partial charge >= 0.3 is 6.18 Å². The molecule has 2 aliphatic rings. The molecule has 1 fully saturated rings. The number of hydrogen-bond acceptors (Lipinski definition) is 7. The van der Waals surface area contributed by atoms with Crippen molar-refractivity contribution in [2.45, 2.75) is 31.6 Å². The van der Waals surface area contributed by atoms with Gasteiger partial charge in [0, 0.05) is 47.3 Å². The number of fused-ring (bicyclic) bond motifs is 4. The van der Waals surface area contributed by atoms with Crippen LogP contribution in [0.5, 0.6) is 5.75 Å². The van der Waals surface area contributed by atoms with Crippen molar-refractivity contribution in [2.24, 2.45) is 5.92 Å². The number of likely N-dealkylation sites (tertiary alicyclic amines) is 1. The van der Waals surface area contributed by atoms with Gasteiger partial charge in [-0.1, -0.05) is 12.0 Å². The first-order valence-electron chi connectivity index (χ1n) is 15.3. The lowest BCUT2D eigenvalue weighted by atomic mass is 9.89. The molecule has 8 nitrogen and oxygen atoms in total. The van der Waals surface area contributed by atoms with Gasteiger partial charge < -0.3 is 38.9 Å². The molecule has 4 bridgehead atoms. The Balaban J connectivity index is 1.48. The first kappa shape index (κ1) is 33.2. The van der Waals surface area contributed by atoms with Gasteiger partial charge in [-0.2, -0.15) is 13.2 Å². The Kier molecular flexibility index (Phi) is 10.7. The number of nitrogens with one attached hydrogen (secondary N) is 2. The molecule has 2 N–H and O–H groups in total. The second kappa shape index (κ2) is 14.5. The van der Waals surface area contributed by atoms with Crippen LogP contribution in [0.3, 0.4) is 0 Å². The van der Waals surface area contributed by atoms with Crippen LogP contribution in [-0.4, -0.2) is 94.7 Å². The third kappa shape index (κ3) is 9.20. The zero-order valence-corrected chi connectivity index (χ0v) is 27.0. The second-order valence-electron chi connectivity index (χ2n) is 12.1. The molecule has 1 aromatic heterocycles. The minimum atomic E-state index is -4.41. The normalized spacial score (nSPS) is 21.1. The summed E-state index contributed by atoms with van der Waals surface area (Å²) in [6.07, 6.45) is -2.66. The average molecular weight is 647 g/mol. The fraction of sp³-hybridized carbons (Fsp3) is 0.515. The van der Waals surface area contributed by atoms with Gasteiger partial charge in [-0.25, -0.2) is 0 Å². The Morgan fingerprint density at radius 3 is 2.58 bits per heavy atom. The van der Waals surface area contributed by atoms with Gasteiger partial charge in [0.05, 0.1) is 37.6 Å². The molecule has 0 unspecified atom stereocenters. The number of rotatable bonds is 2. The third-order valence-corrected chi connectivity index (χ3v) is 9.67. The van der Waals surface area contributed by atoms with E-state index in [0.717, 1.165) is 31.6 Å². The molecule has 0 aliphatic carbocycles. The average Bonchev–Trinajstić information content (AvgIpc) is 3.31. The summed E-state index contributed by atoms with van der Waals surface area (Å²) < 4.78 is 72.9.